The van der Waals surface area contributed by atoms with Gasteiger partial charge >= 0.3 is 0 Å². The van der Waals surface area contributed by atoms with Crippen molar-refractivity contribution in [3.63, 3.8) is 0 Å². The molecule has 0 atom stereocenters. The molecule has 0 saturated carbocycles. The number of benzene rings is 2. The van der Waals surface area contributed by atoms with Gasteiger partial charge in [0.15, 0.2) is 17.5 Å². The second-order valence-electron chi connectivity index (χ2n) is 6.71. The van der Waals surface area contributed by atoms with E-state index in [1.165, 1.54) is 12.1 Å². The number of aromatic nitrogens is 3. The van der Waals surface area contributed by atoms with Crippen LogP contribution in [0.15, 0.2) is 83.7 Å². The fourth-order valence-electron chi connectivity index (χ4n) is 3.28. The normalized spacial score (nSPS) is 11.2. The van der Waals surface area contributed by atoms with Crippen molar-refractivity contribution < 1.29 is 13.2 Å². The predicted octanol–water partition coefficient (Wildman–Crippen LogP) is 5.64. The Balaban J connectivity index is 1.42. The molecule has 2 aliphatic heterocycles. The Morgan fingerprint density at radius 2 is 1.69 bits per heavy atom. The van der Waals surface area contributed by atoms with E-state index in [1.54, 1.807) is 6.26 Å². The topological polar surface area (TPSA) is 43.9 Å². The number of hydrogen-bond acceptors (Lipinski definition) is 3. The van der Waals surface area contributed by atoms with Crippen LogP contribution in [0.25, 0.3) is 34.1 Å². The number of nitrogens with zero attached hydrogens (tertiary/aromatic N) is 3. The molecule has 0 N–H and O–H groups in total. The highest BCUT2D eigenvalue weighted by Gasteiger charge is 2.17. The first-order chi connectivity index (χ1) is 14.2. The van der Waals surface area contributed by atoms with Crippen LogP contribution in [-0.2, 0) is 6.54 Å². The summed E-state index contributed by atoms with van der Waals surface area (Å²) in [5.74, 6) is -0.843. The molecule has 1 aromatic heterocycles. The standard InChI is InChI=1S/C23H15F2N3O/c24-18-4-1-3-17(22(18)25)23-26-19-10-11-28(14-20(19)27-23)13-15-6-8-16(9-7-15)21-5-2-12-29-21/h1-12,14H,13H2. The fourth-order valence-corrected chi connectivity index (χ4v) is 3.28. The van der Waals surface area contributed by atoms with Crippen LogP contribution in [0, 0.1) is 11.6 Å². The molecule has 0 fully saturated rings. The van der Waals surface area contributed by atoms with Crippen LogP contribution in [0.4, 0.5) is 8.78 Å². The Kier molecular flexibility index (Phi) is 4.17. The van der Waals surface area contributed by atoms with Gasteiger partial charge in [-0.05, 0) is 35.9 Å². The van der Waals surface area contributed by atoms with Gasteiger partial charge in [-0.1, -0.05) is 30.3 Å². The van der Waals surface area contributed by atoms with Crippen molar-refractivity contribution in [2.75, 3.05) is 0 Å². The Morgan fingerprint density at radius 3 is 2.48 bits per heavy atom. The average Bonchev–Trinajstić information content (AvgIpc) is 3.40. The van der Waals surface area contributed by atoms with Crippen LogP contribution in [0.1, 0.15) is 5.56 Å². The maximum absolute atomic E-state index is 14.1. The number of fused-ring (bicyclic) bond motifs is 1. The quantitative estimate of drug-likeness (QED) is 0.401. The van der Waals surface area contributed by atoms with E-state index in [0.717, 1.165) is 23.0 Å². The lowest BCUT2D eigenvalue weighted by Crippen LogP contribution is -2.00. The molecule has 3 aromatic rings. The van der Waals surface area contributed by atoms with E-state index < -0.39 is 11.6 Å². The Hall–Kier alpha value is -3.80. The third-order valence-electron chi connectivity index (χ3n) is 4.74. The molecular formula is C23H15F2N3O. The monoisotopic (exact) mass is 387 g/mol. The molecule has 2 aliphatic rings. The Bertz CT molecular complexity index is 1240. The van der Waals surface area contributed by atoms with E-state index in [1.807, 2.05) is 59.4 Å². The lowest BCUT2D eigenvalue weighted by molar-refractivity contribution is 0.510. The summed E-state index contributed by atoms with van der Waals surface area (Å²) in [4.78, 5) is 8.72. The second kappa shape index (κ2) is 6.98. The Labute approximate surface area is 165 Å². The molecule has 0 bridgehead atoms. The Morgan fingerprint density at radius 1 is 0.862 bits per heavy atom. The van der Waals surface area contributed by atoms with E-state index in [2.05, 4.69) is 9.97 Å². The molecular weight excluding hydrogens is 372 g/mol. The van der Waals surface area contributed by atoms with Gasteiger partial charge in [0.2, 0.25) is 0 Å². The molecule has 0 spiro atoms. The van der Waals surface area contributed by atoms with Crippen LogP contribution >= 0.6 is 0 Å². The van der Waals surface area contributed by atoms with Gasteiger partial charge in [0.25, 0.3) is 0 Å². The van der Waals surface area contributed by atoms with Gasteiger partial charge in [0.05, 0.1) is 17.5 Å². The highest BCUT2D eigenvalue weighted by molar-refractivity contribution is 5.66. The first-order valence-corrected chi connectivity index (χ1v) is 9.08. The molecule has 0 aliphatic carbocycles. The van der Waals surface area contributed by atoms with Gasteiger partial charge in [0, 0.05) is 24.5 Å². The molecule has 142 valence electrons. The molecule has 3 heterocycles. The van der Waals surface area contributed by atoms with Crippen molar-refractivity contribution in [1.29, 1.82) is 0 Å². The minimum atomic E-state index is -0.938. The molecule has 6 heteroatoms. The van der Waals surface area contributed by atoms with Gasteiger partial charge < -0.3 is 8.98 Å². The maximum Gasteiger partial charge on any atom is 0.169 e. The first kappa shape index (κ1) is 17.3. The predicted molar refractivity (Wildman–Crippen MR) is 105 cm³/mol. The van der Waals surface area contributed by atoms with Crippen molar-refractivity contribution in [2.45, 2.75) is 6.54 Å². The molecule has 29 heavy (non-hydrogen) atoms. The van der Waals surface area contributed by atoms with Gasteiger partial charge in [-0.2, -0.15) is 0 Å². The average molecular weight is 387 g/mol. The zero-order valence-corrected chi connectivity index (χ0v) is 15.2. The lowest BCUT2D eigenvalue weighted by atomic mass is 10.1. The lowest BCUT2D eigenvalue weighted by Gasteiger charge is -2.08. The minimum absolute atomic E-state index is 0.0567. The number of halogens is 2. The van der Waals surface area contributed by atoms with E-state index in [4.69, 9.17) is 4.42 Å². The van der Waals surface area contributed by atoms with Crippen molar-refractivity contribution in [3.05, 3.63) is 96.5 Å². The molecule has 4 nitrogen and oxygen atoms in total. The summed E-state index contributed by atoms with van der Waals surface area (Å²) >= 11 is 0. The SMILES string of the molecule is Fc1cccc(-c2nc3ccn(Cc4ccc(-c5ccco5)cc4)cc-3n2)c1F. The largest absolute Gasteiger partial charge is 0.464 e. The summed E-state index contributed by atoms with van der Waals surface area (Å²) in [5, 5.41) is 0. The third-order valence-corrected chi connectivity index (χ3v) is 4.74. The number of pyridine rings is 1. The van der Waals surface area contributed by atoms with E-state index in [-0.39, 0.29) is 11.4 Å². The zero-order chi connectivity index (χ0) is 19.8. The number of rotatable bonds is 4. The van der Waals surface area contributed by atoms with Gasteiger partial charge in [-0.15, -0.1) is 0 Å². The molecule has 0 amide bonds. The van der Waals surface area contributed by atoms with Gasteiger partial charge in [-0.25, -0.2) is 18.7 Å². The van der Waals surface area contributed by atoms with Crippen molar-refractivity contribution in [1.82, 2.24) is 14.5 Å². The summed E-state index contributed by atoms with van der Waals surface area (Å²) < 4.78 is 34.9. The zero-order valence-electron chi connectivity index (χ0n) is 15.2. The summed E-state index contributed by atoms with van der Waals surface area (Å²) in [5.41, 5.74) is 3.44. The number of imidazole rings is 1. The van der Waals surface area contributed by atoms with Crippen LogP contribution in [0.3, 0.4) is 0 Å². The van der Waals surface area contributed by atoms with E-state index in [9.17, 15) is 8.78 Å². The van der Waals surface area contributed by atoms with Crippen LogP contribution < -0.4 is 0 Å². The van der Waals surface area contributed by atoms with Crippen molar-refractivity contribution >= 4 is 0 Å². The maximum atomic E-state index is 14.1. The van der Waals surface area contributed by atoms with Crippen LogP contribution in [0.5, 0.6) is 0 Å². The fraction of sp³-hybridized carbons (Fsp3) is 0.0435. The summed E-state index contributed by atoms with van der Waals surface area (Å²) in [6.45, 7) is 0.644. The highest BCUT2D eigenvalue weighted by Crippen LogP contribution is 2.27. The summed E-state index contributed by atoms with van der Waals surface area (Å²) in [6.07, 6.45) is 5.39. The van der Waals surface area contributed by atoms with E-state index >= 15 is 0 Å². The third kappa shape index (κ3) is 3.29. The van der Waals surface area contributed by atoms with Crippen LogP contribution in [0.2, 0.25) is 0 Å². The van der Waals surface area contributed by atoms with Gasteiger partial charge in [-0.3, -0.25) is 0 Å². The van der Waals surface area contributed by atoms with E-state index in [0.29, 0.717) is 17.9 Å². The highest BCUT2D eigenvalue weighted by atomic mass is 19.2. The minimum Gasteiger partial charge on any atom is -0.464 e. The number of hydrogen-bond donors (Lipinski definition) is 0. The molecule has 0 unspecified atom stereocenters. The molecule has 2 aromatic carbocycles. The first-order valence-electron chi connectivity index (χ1n) is 9.08. The van der Waals surface area contributed by atoms with Crippen LogP contribution in [-0.4, -0.2) is 14.5 Å². The molecule has 0 saturated heterocycles. The van der Waals surface area contributed by atoms with Gasteiger partial charge in [0.1, 0.15) is 11.5 Å². The number of furan rings is 1. The smallest absolute Gasteiger partial charge is 0.169 e. The van der Waals surface area contributed by atoms with Crippen molar-refractivity contribution in [3.8, 4) is 34.1 Å². The van der Waals surface area contributed by atoms with Crippen molar-refractivity contribution in [2.24, 2.45) is 0 Å². The second-order valence-corrected chi connectivity index (χ2v) is 6.71. The summed E-state index contributed by atoms with van der Waals surface area (Å²) in [7, 11) is 0. The molecule has 5 rings (SSSR count). The summed E-state index contributed by atoms with van der Waals surface area (Å²) in [6, 6.07) is 17.7. The molecule has 0 radical (unpaired) electrons.